The molecule has 8 rings (SSSR count). The summed E-state index contributed by atoms with van der Waals surface area (Å²) in [7, 11) is 0. The Morgan fingerprint density at radius 3 is 1.32 bits per heavy atom. The van der Waals surface area contributed by atoms with Gasteiger partial charge in [0.05, 0.1) is 5.69 Å². The van der Waals surface area contributed by atoms with Gasteiger partial charge in [-0.25, -0.2) is 0 Å². The molecule has 0 radical (unpaired) electrons. The number of para-hydroxylation sites is 4. The lowest BCUT2D eigenvalue weighted by Crippen LogP contribution is -2.10. The van der Waals surface area contributed by atoms with Gasteiger partial charge in [0.1, 0.15) is 0 Å². The molecule has 8 aromatic rings. The minimum absolute atomic E-state index is 1.13. The molecule has 0 saturated carbocycles. The van der Waals surface area contributed by atoms with Crippen LogP contribution in [0.2, 0.25) is 0 Å². The number of fused-ring (bicyclic) bond motifs is 5. The van der Waals surface area contributed by atoms with Crippen molar-refractivity contribution in [1.29, 1.82) is 0 Å². The van der Waals surface area contributed by atoms with E-state index in [-0.39, 0.29) is 0 Å². The van der Waals surface area contributed by atoms with Gasteiger partial charge in [0.2, 0.25) is 0 Å². The summed E-state index contributed by atoms with van der Waals surface area (Å²) in [6.07, 6.45) is 0. The molecule has 0 saturated heterocycles. The Morgan fingerprint density at radius 2 is 0.750 bits per heavy atom. The molecule has 0 unspecified atom stereocenters. The molecule has 2 heteroatoms. The Kier molecular flexibility index (Phi) is 6.51. The molecule has 0 aliphatic carbocycles. The number of rotatable bonds is 6. The van der Waals surface area contributed by atoms with E-state index in [2.05, 4.69) is 192 Å². The topological polar surface area (TPSA) is 6.48 Å². The maximum atomic E-state index is 2.37. The van der Waals surface area contributed by atoms with Crippen molar-refractivity contribution in [2.45, 2.75) is 0 Å². The van der Waals surface area contributed by atoms with Gasteiger partial charge in [-0.2, -0.15) is 0 Å². The van der Waals surface area contributed by atoms with Crippen molar-refractivity contribution in [3.8, 4) is 0 Å². The summed E-state index contributed by atoms with van der Waals surface area (Å²) >= 11 is 0. The lowest BCUT2D eigenvalue weighted by molar-refractivity contribution is 1.29. The van der Waals surface area contributed by atoms with Gasteiger partial charge >= 0.3 is 0 Å². The molecule has 0 heterocycles. The Labute approximate surface area is 257 Å². The van der Waals surface area contributed by atoms with Gasteiger partial charge in [0.25, 0.3) is 0 Å². The zero-order valence-electron chi connectivity index (χ0n) is 24.2. The van der Waals surface area contributed by atoms with Crippen LogP contribution in [0.3, 0.4) is 0 Å². The molecular weight excluding hydrogens is 532 g/mol. The predicted octanol–water partition coefficient (Wildman–Crippen LogP) is 12.1. The largest absolute Gasteiger partial charge is 0.310 e. The van der Waals surface area contributed by atoms with Crippen molar-refractivity contribution in [1.82, 2.24) is 0 Å². The highest BCUT2D eigenvalue weighted by Crippen LogP contribution is 2.43. The minimum atomic E-state index is 1.13. The van der Waals surface area contributed by atoms with E-state index in [0.717, 1.165) is 34.1 Å². The quantitative estimate of drug-likeness (QED) is 0.186. The maximum Gasteiger partial charge on any atom is 0.0546 e. The van der Waals surface area contributed by atoms with E-state index in [1.165, 1.54) is 32.3 Å². The highest BCUT2D eigenvalue weighted by Gasteiger charge is 2.18. The fourth-order valence-electron chi connectivity index (χ4n) is 6.40. The first-order chi connectivity index (χ1) is 21.8. The lowest BCUT2D eigenvalue weighted by atomic mass is 9.95. The van der Waals surface area contributed by atoms with Gasteiger partial charge in [-0.1, -0.05) is 115 Å². The molecule has 0 fully saturated rings. The summed E-state index contributed by atoms with van der Waals surface area (Å²) < 4.78 is 0. The molecule has 2 nitrogen and oxygen atoms in total. The Hall–Kier alpha value is -5.86. The van der Waals surface area contributed by atoms with Gasteiger partial charge in [0, 0.05) is 33.8 Å². The van der Waals surface area contributed by atoms with Crippen LogP contribution in [0.25, 0.3) is 32.3 Å². The highest BCUT2D eigenvalue weighted by molar-refractivity contribution is 6.21. The van der Waals surface area contributed by atoms with Crippen molar-refractivity contribution in [2.24, 2.45) is 0 Å². The third-order valence-electron chi connectivity index (χ3n) is 8.38. The maximum absolute atomic E-state index is 2.37. The molecule has 0 N–H and O–H groups in total. The van der Waals surface area contributed by atoms with E-state index in [9.17, 15) is 0 Å². The molecule has 0 atom stereocenters. The second kappa shape index (κ2) is 11.1. The van der Waals surface area contributed by atoms with Crippen LogP contribution in [0.15, 0.2) is 182 Å². The molecular formula is C42H30N2. The number of nitrogens with zero attached hydrogens (tertiary/aromatic N) is 2. The van der Waals surface area contributed by atoms with Gasteiger partial charge in [0.15, 0.2) is 0 Å². The molecule has 8 aromatic carbocycles. The van der Waals surface area contributed by atoms with Crippen LogP contribution in [-0.2, 0) is 0 Å². The third kappa shape index (κ3) is 4.54. The van der Waals surface area contributed by atoms with Crippen LogP contribution in [0, 0.1) is 0 Å². The van der Waals surface area contributed by atoms with Crippen molar-refractivity contribution in [3.63, 3.8) is 0 Å². The van der Waals surface area contributed by atoms with Crippen molar-refractivity contribution < 1.29 is 0 Å². The second-order valence-corrected chi connectivity index (χ2v) is 11.0. The summed E-state index contributed by atoms with van der Waals surface area (Å²) in [5.41, 5.74) is 6.82. The van der Waals surface area contributed by atoms with Crippen LogP contribution in [0.4, 0.5) is 34.1 Å². The summed E-state index contributed by atoms with van der Waals surface area (Å²) in [6, 6.07) is 65.1. The molecule has 0 amide bonds. The van der Waals surface area contributed by atoms with Crippen molar-refractivity contribution >= 4 is 66.4 Å². The van der Waals surface area contributed by atoms with Gasteiger partial charge in [-0.05, 0) is 93.7 Å². The Morgan fingerprint density at radius 1 is 0.273 bits per heavy atom. The SMILES string of the molecule is c1ccc(N(c2ccccc2)c2ccc3ccc4c(ccc5cccc(N(c6ccccc6)c6ccccc6)c54)c3c2)cc1. The molecule has 44 heavy (non-hydrogen) atoms. The summed E-state index contributed by atoms with van der Waals surface area (Å²) in [6.45, 7) is 0. The van der Waals surface area contributed by atoms with E-state index >= 15 is 0 Å². The van der Waals surface area contributed by atoms with Crippen LogP contribution < -0.4 is 9.80 Å². The van der Waals surface area contributed by atoms with Crippen molar-refractivity contribution in [3.05, 3.63) is 182 Å². The third-order valence-corrected chi connectivity index (χ3v) is 8.38. The van der Waals surface area contributed by atoms with E-state index in [1.807, 2.05) is 0 Å². The fraction of sp³-hybridized carbons (Fsp3) is 0. The minimum Gasteiger partial charge on any atom is -0.310 e. The first-order valence-electron chi connectivity index (χ1n) is 15.0. The number of hydrogen-bond acceptors (Lipinski definition) is 2. The van der Waals surface area contributed by atoms with Crippen LogP contribution in [0.1, 0.15) is 0 Å². The lowest BCUT2D eigenvalue weighted by Gasteiger charge is -2.27. The predicted molar refractivity (Wildman–Crippen MR) is 188 cm³/mol. The van der Waals surface area contributed by atoms with E-state index < -0.39 is 0 Å². The second-order valence-electron chi connectivity index (χ2n) is 11.0. The molecule has 0 aliphatic rings. The number of benzene rings is 8. The fourth-order valence-corrected chi connectivity index (χ4v) is 6.40. The van der Waals surface area contributed by atoms with E-state index in [0.29, 0.717) is 0 Å². The van der Waals surface area contributed by atoms with E-state index in [1.54, 1.807) is 0 Å². The summed E-state index contributed by atoms with van der Waals surface area (Å²) in [5, 5.41) is 7.41. The first kappa shape index (κ1) is 25.8. The Balaban J connectivity index is 1.38. The van der Waals surface area contributed by atoms with E-state index in [4.69, 9.17) is 0 Å². The zero-order chi connectivity index (χ0) is 29.3. The Bertz CT molecular complexity index is 2130. The smallest absolute Gasteiger partial charge is 0.0546 e. The standard InChI is InChI=1S/C42H30N2/c1-5-15-33(16-6-1)43(34-17-7-2-8-18-34)37-27-24-31-25-29-39-38(40(31)30-37)28-26-32-14-13-23-41(42(32)39)44(35-19-9-3-10-20-35)36-21-11-4-12-22-36/h1-30H. The molecule has 208 valence electrons. The van der Waals surface area contributed by atoms with Crippen LogP contribution >= 0.6 is 0 Å². The van der Waals surface area contributed by atoms with Crippen molar-refractivity contribution in [2.75, 3.05) is 9.80 Å². The summed E-state index contributed by atoms with van der Waals surface area (Å²) in [4.78, 5) is 4.70. The normalized spacial score (nSPS) is 11.2. The number of anilines is 6. The zero-order valence-corrected chi connectivity index (χ0v) is 24.2. The summed E-state index contributed by atoms with van der Waals surface area (Å²) in [5.74, 6) is 0. The van der Waals surface area contributed by atoms with Gasteiger partial charge in [-0.3, -0.25) is 0 Å². The highest BCUT2D eigenvalue weighted by atomic mass is 15.1. The average Bonchev–Trinajstić information content (AvgIpc) is 3.10. The molecule has 0 aromatic heterocycles. The van der Waals surface area contributed by atoms with Crippen LogP contribution in [0.5, 0.6) is 0 Å². The monoisotopic (exact) mass is 562 g/mol. The molecule has 0 aliphatic heterocycles. The van der Waals surface area contributed by atoms with Gasteiger partial charge < -0.3 is 9.80 Å². The average molecular weight is 563 g/mol. The van der Waals surface area contributed by atoms with Gasteiger partial charge in [-0.15, -0.1) is 0 Å². The number of hydrogen-bond donors (Lipinski definition) is 0. The molecule has 0 bridgehead atoms. The molecule has 0 spiro atoms. The first-order valence-corrected chi connectivity index (χ1v) is 15.0. The van der Waals surface area contributed by atoms with Crippen LogP contribution in [-0.4, -0.2) is 0 Å².